The van der Waals surface area contributed by atoms with Gasteiger partial charge in [-0.15, -0.1) is 0 Å². The van der Waals surface area contributed by atoms with Crippen LogP contribution in [0.15, 0.2) is 127 Å². The van der Waals surface area contributed by atoms with Crippen LogP contribution in [0, 0.1) is 0 Å². The first-order valence-electron chi connectivity index (χ1n) is 14.8. The van der Waals surface area contributed by atoms with E-state index in [-0.39, 0.29) is 0 Å². The highest BCUT2D eigenvalue weighted by Gasteiger charge is 2.45. The van der Waals surface area contributed by atoms with E-state index < -0.39 is 5.60 Å². The molecule has 42 heavy (non-hydrogen) atoms. The van der Waals surface area contributed by atoms with Crippen molar-refractivity contribution < 1.29 is 9.47 Å². The van der Waals surface area contributed by atoms with Gasteiger partial charge in [0.15, 0.2) is 5.60 Å². The van der Waals surface area contributed by atoms with E-state index in [1.54, 1.807) is 0 Å². The molecule has 1 aliphatic rings. The summed E-state index contributed by atoms with van der Waals surface area (Å²) in [6.45, 7) is 7.79. The van der Waals surface area contributed by atoms with E-state index in [4.69, 9.17) is 9.47 Å². The molecule has 0 aromatic heterocycles. The van der Waals surface area contributed by atoms with Crippen LogP contribution in [0.4, 0.5) is 11.4 Å². The van der Waals surface area contributed by atoms with Crippen molar-refractivity contribution in [2.75, 3.05) is 30.0 Å². The Hall–Kier alpha value is -4.54. The summed E-state index contributed by atoms with van der Waals surface area (Å²) in [5.41, 5.74) is 7.04. The number of fused-ring (bicyclic) bond motifs is 2. The molecular weight excluding hydrogens is 516 g/mol. The van der Waals surface area contributed by atoms with Crippen molar-refractivity contribution >= 4 is 11.4 Å². The summed E-state index contributed by atoms with van der Waals surface area (Å²) < 4.78 is 13.3. The molecule has 0 spiro atoms. The Morgan fingerprint density at radius 2 is 1.12 bits per heavy atom. The third-order valence-electron chi connectivity index (χ3n) is 8.32. The first-order valence-corrected chi connectivity index (χ1v) is 14.8. The molecule has 1 unspecified atom stereocenters. The zero-order valence-electron chi connectivity index (χ0n) is 24.7. The van der Waals surface area contributed by atoms with Crippen LogP contribution in [0.5, 0.6) is 11.5 Å². The van der Waals surface area contributed by atoms with Gasteiger partial charge in [-0.05, 0) is 60.9 Å². The molecule has 1 aliphatic heterocycles. The number of ether oxygens (including phenoxy) is 2. The van der Waals surface area contributed by atoms with E-state index in [1.165, 1.54) is 11.1 Å². The van der Waals surface area contributed by atoms with Crippen molar-refractivity contribution in [3.63, 3.8) is 0 Å². The highest BCUT2D eigenvalue weighted by atomic mass is 16.5. The van der Waals surface area contributed by atoms with Crippen molar-refractivity contribution in [1.29, 1.82) is 0 Å². The van der Waals surface area contributed by atoms with Crippen LogP contribution in [0.3, 0.4) is 0 Å². The second-order valence-corrected chi connectivity index (χ2v) is 10.7. The molecule has 0 radical (unpaired) electrons. The van der Waals surface area contributed by atoms with Gasteiger partial charge in [0, 0.05) is 61.9 Å². The topological polar surface area (TPSA) is 24.9 Å². The van der Waals surface area contributed by atoms with Gasteiger partial charge >= 0.3 is 0 Å². The second-order valence-electron chi connectivity index (χ2n) is 10.7. The first-order chi connectivity index (χ1) is 20.7. The Kier molecular flexibility index (Phi) is 7.98. The maximum Gasteiger partial charge on any atom is 0.150 e. The maximum absolute atomic E-state index is 6.68. The Morgan fingerprint density at radius 1 is 0.571 bits per heavy atom. The van der Waals surface area contributed by atoms with Gasteiger partial charge < -0.3 is 19.3 Å². The van der Waals surface area contributed by atoms with Crippen molar-refractivity contribution in [2.24, 2.45) is 0 Å². The van der Waals surface area contributed by atoms with Crippen molar-refractivity contribution in [3.05, 3.63) is 155 Å². The van der Waals surface area contributed by atoms with Crippen molar-refractivity contribution in [2.45, 2.75) is 32.5 Å². The summed E-state index contributed by atoms with van der Waals surface area (Å²) in [7, 11) is 1.81. The molecular formula is C38H38N2O2. The van der Waals surface area contributed by atoms with Gasteiger partial charge in [0.2, 0.25) is 0 Å². The Balaban J connectivity index is 1.50. The van der Waals surface area contributed by atoms with Crippen LogP contribution in [0.2, 0.25) is 0 Å². The molecule has 0 bridgehead atoms. The van der Waals surface area contributed by atoms with Crippen LogP contribution in [0.1, 0.15) is 41.7 Å². The molecule has 0 fully saturated rings. The van der Waals surface area contributed by atoms with Crippen molar-refractivity contribution in [1.82, 2.24) is 0 Å². The van der Waals surface area contributed by atoms with Gasteiger partial charge in [-0.25, -0.2) is 0 Å². The average molecular weight is 555 g/mol. The number of hydrogen-bond acceptors (Lipinski definition) is 4. The molecule has 0 aliphatic carbocycles. The van der Waals surface area contributed by atoms with Gasteiger partial charge in [-0.3, -0.25) is 0 Å². The quantitative estimate of drug-likeness (QED) is 0.172. The Morgan fingerprint density at radius 3 is 1.69 bits per heavy atom. The van der Waals surface area contributed by atoms with Crippen molar-refractivity contribution in [3.8, 4) is 11.5 Å². The number of nitrogens with zero attached hydrogens (tertiary/aromatic N) is 2. The predicted octanol–water partition coefficient (Wildman–Crippen LogP) is 8.78. The molecule has 0 saturated carbocycles. The number of hydrogen-bond donors (Lipinski definition) is 0. The Labute approximate surface area is 249 Å². The summed E-state index contributed by atoms with van der Waals surface area (Å²) in [6.07, 6.45) is 0. The predicted molar refractivity (Wildman–Crippen MR) is 173 cm³/mol. The lowest BCUT2D eigenvalue weighted by Gasteiger charge is -2.40. The van der Waals surface area contributed by atoms with E-state index in [9.17, 15) is 0 Å². The molecule has 6 rings (SSSR count). The first kappa shape index (κ1) is 27.6. The van der Waals surface area contributed by atoms with Crippen LogP contribution < -0.4 is 14.5 Å². The lowest BCUT2D eigenvalue weighted by molar-refractivity contribution is 0.0499. The number of benzene rings is 5. The van der Waals surface area contributed by atoms with Gasteiger partial charge in [0.05, 0.1) is 0 Å². The Bertz CT molecular complexity index is 1580. The minimum atomic E-state index is -0.826. The minimum Gasteiger partial charge on any atom is -0.456 e. The smallest absolute Gasteiger partial charge is 0.150 e. The monoisotopic (exact) mass is 554 g/mol. The fourth-order valence-corrected chi connectivity index (χ4v) is 6.18. The standard InChI is InChI=1S/C38H38N2O2/c1-4-39(5-2)33-21-23-34-37(26-33)42-36-24-22-32(25-35(36)38(34,41-3)31-19-13-8-14-20-31)40(27-29-15-9-6-10-16-29)28-30-17-11-7-12-18-30/h6-26H,4-5,27-28H2,1-3H3. The van der Waals surface area contributed by atoms with Gasteiger partial charge in [0.1, 0.15) is 11.5 Å². The SMILES string of the molecule is CCN(CC)c1ccc2c(c1)Oc1ccc(N(Cc3ccccc3)Cc3ccccc3)cc1C2(OC)c1ccccc1. The van der Waals surface area contributed by atoms with Crippen LogP contribution in [-0.4, -0.2) is 20.2 Å². The largest absolute Gasteiger partial charge is 0.456 e. The summed E-state index contributed by atoms with van der Waals surface area (Å²) in [4.78, 5) is 4.76. The van der Waals surface area contributed by atoms with Gasteiger partial charge in [0.25, 0.3) is 0 Å². The molecule has 0 N–H and O–H groups in total. The van der Waals surface area contributed by atoms with Crippen LogP contribution in [0.25, 0.3) is 0 Å². The third-order valence-corrected chi connectivity index (χ3v) is 8.32. The molecule has 1 atom stereocenters. The molecule has 5 aromatic carbocycles. The summed E-state index contributed by atoms with van der Waals surface area (Å²) >= 11 is 0. The molecule has 1 heterocycles. The molecule has 0 saturated heterocycles. The maximum atomic E-state index is 6.68. The van der Waals surface area contributed by atoms with Crippen LogP contribution in [-0.2, 0) is 23.4 Å². The van der Waals surface area contributed by atoms with Gasteiger partial charge in [-0.2, -0.15) is 0 Å². The number of rotatable bonds is 10. The van der Waals surface area contributed by atoms with E-state index in [1.807, 2.05) is 7.11 Å². The lowest BCUT2D eigenvalue weighted by atomic mass is 9.77. The molecule has 4 heteroatoms. The van der Waals surface area contributed by atoms with E-state index in [2.05, 4.69) is 151 Å². The number of anilines is 2. The fourth-order valence-electron chi connectivity index (χ4n) is 6.18. The zero-order chi connectivity index (χ0) is 28.9. The van der Waals surface area contributed by atoms with E-state index in [0.717, 1.165) is 65.7 Å². The van der Waals surface area contributed by atoms with E-state index >= 15 is 0 Å². The highest BCUT2D eigenvalue weighted by molar-refractivity contribution is 5.68. The third kappa shape index (κ3) is 5.15. The fraction of sp³-hybridized carbons (Fsp3) is 0.211. The second kappa shape index (κ2) is 12.1. The summed E-state index contributed by atoms with van der Waals surface area (Å²) in [5.74, 6) is 1.64. The lowest BCUT2D eigenvalue weighted by Crippen LogP contribution is -2.35. The molecule has 212 valence electrons. The van der Waals surface area contributed by atoms with E-state index in [0.29, 0.717) is 0 Å². The molecule has 0 amide bonds. The van der Waals surface area contributed by atoms with Crippen LogP contribution >= 0.6 is 0 Å². The summed E-state index contributed by atoms with van der Waals surface area (Å²) in [5, 5.41) is 0. The zero-order valence-corrected chi connectivity index (χ0v) is 24.7. The van der Waals surface area contributed by atoms with Gasteiger partial charge in [-0.1, -0.05) is 91.0 Å². The molecule has 5 aromatic rings. The normalized spacial score (nSPS) is 15.3. The average Bonchev–Trinajstić information content (AvgIpc) is 3.05. The highest BCUT2D eigenvalue weighted by Crippen LogP contribution is 2.53. The summed E-state index contributed by atoms with van der Waals surface area (Å²) in [6, 6.07) is 44.9. The molecule has 4 nitrogen and oxygen atoms in total. The number of methoxy groups -OCH3 is 1. The minimum absolute atomic E-state index is 0.782.